The first-order valence-corrected chi connectivity index (χ1v) is 9.17. The number of benzene rings is 2. The quantitative estimate of drug-likeness (QED) is 0.491. The zero-order valence-corrected chi connectivity index (χ0v) is 15.6. The number of nitrogens with zero attached hydrogens (tertiary/aromatic N) is 3. The van der Waals surface area contributed by atoms with E-state index in [1.165, 1.54) is 23.5 Å². The van der Waals surface area contributed by atoms with E-state index in [9.17, 15) is 15.2 Å². The van der Waals surface area contributed by atoms with Crippen molar-refractivity contribution in [2.75, 3.05) is 6.61 Å². The Morgan fingerprint density at radius 3 is 2.77 bits per heavy atom. The predicted octanol–water partition coefficient (Wildman–Crippen LogP) is 4.66. The SMILES string of the molecule is O=[N+]([O-])c1cccc(-c2csc(=Nc3cc(Cl)ccc3Cl)n2CCO)c1. The van der Waals surface area contributed by atoms with Gasteiger partial charge in [0.25, 0.3) is 5.69 Å². The Kier molecular flexibility index (Phi) is 5.73. The van der Waals surface area contributed by atoms with Gasteiger partial charge in [0, 0.05) is 34.6 Å². The van der Waals surface area contributed by atoms with E-state index in [0.717, 1.165) is 5.69 Å². The molecule has 2 aromatic carbocycles. The van der Waals surface area contributed by atoms with Crippen LogP contribution >= 0.6 is 34.5 Å². The number of hydrogen-bond donors (Lipinski definition) is 1. The van der Waals surface area contributed by atoms with Crippen LogP contribution in [0.15, 0.2) is 52.8 Å². The van der Waals surface area contributed by atoms with Gasteiger partial charge in [-0.2, -0.15) is 0 Å². The smallest absolute Gasteiger partial charge is 0.270 e. The van der Waals surface area contributed by atoms with Gasteiger partial charge in [-0.3, -0.25) is 10.1 Å². The summed E-state index contributed by atoms with van der Waals surface area (Å²) in [7, 11) is 0. The van der Waals surface area contributed by atoms with Gasteiger partial charge in [0.15, 0.2) is 4.80 Å². The number of halogens is 2. The number of hydrogen-bond acceptors (Lipinski definition) is 5. The predicted molar refractivity (Wildman–Crippen MR) is 103 cm³/mol. The van der Waals surface area contributed by atoms with Crippen molar-refractivity contribution in [3.8, 4) is 11.3 Å². The van der Waals surface area contributed by atoms with Gasteiger partial charge in [-0.1, -0.05) is 35.3 Å². The van der Waals surface area contributed by atoms with Crippen LogP contribution in [0.1, 0.15) is 0 Å². The van der Waals surface area contributed by atoms with Crippen LogP contribution in [0, 0.1) is 10.1 Å². The van der Waals surface area contributed by atoms with Crippen molar-refractivity contribution >= 4 is 45.9 Å². The number of rotatable bonds is 5. The molecule has 1 heterocycles. The average molecular weight is 410 g/mol. The summed E-state index contributed by atoms with van der Waals surface area (Å²) in [6.07, 6.45) is 0. The number of aliphatic hydroxyl groups is 1. The highest BCUT2D eigenvalue weighted by atomic mass is 35.5. The van der Waals surface area contributed by atoms with E-state index in [4.69, 9.17) is 23.2 Å². The van der Waals surface area contributed by atoms with E-state index < -0.39 is 4.92 Å². The van der Waals surface area contributed by atoms with Crippen LogP contribution in [0.2, 0.25) is 10.0 Å². The maximum atomic E-state index is 11.0. The van der Waals surface area contributed by atoms with Crippen LogP contribution in [0.5, 0.6) is 0 Å². The van der Waals surface area contributed by atoms with Gasteiger partial charge in [-0.25, -0.2) is 4.99 Å². The number of non-ortho nitro benzene ring substituents is 1. The molecule has 3 aromatic rings. The molecule has 0 spiro atoms. The maximum absolute atomic E-state index is 11.0. The minimum atomic E-state index is -0.441. The van der Waals surface area contributed by atoms with Gasteiger partial charge in [0.05, 0.1) is 27.9 Å². The number of nitro groups is 1. The Labute approximate surface area is 162 Å². The molecule has 9 heteroatoms. The molecule has 0 aliphatic rings. The molecular formula is C17H13Cl2N3O3S. The second-order valence-electron chi connectivity index (χ2n) is 5.29. The zero-order valence-electron chi connectivity index (χ0n) is 13.3. The first kappa shape index (κ1) is 18.6. The monoisotopic (exact) mass is 409 g/mol. The molecule has 1 aromatic heterocycles. The van der Waals surface area contributed by atoms with Crippen molar-refractivity contribution in [2.24, 2.45) is 4.99 Å². The van der Waals surface area contributed by atoms with Crippen LogP contribution in [0.4, 0.5) is 11.4 Å². The fourth-order valence-electron chi connectivity index (χ4n) is 2.42. The molecular weight excluding hydrogens is 397 g/mol. The van der Waals surface area contributed by atoms with Gasteiger partial charge >= 0.3 is 0 Å². The van der Waals surface area contributed by atoms with E-state index in [-0.39, 0.29) is 12.3 Å². The number of thiazole rings is 1. The van der Waals surface area contributed by atoms with Gasteiger partial charge in [-0.05, 0) is 18.2 Å². The van der Waals surface area contributed by atoms with E-state index in [1.807, 2.05) is 5.38 Å². The summed E-state index contributed by atoms with van der Waals surface area (Å²) in [5.41, 5.74) is 1.91. The highest BCUT2D eigenvalue weighted by Crippen LogP contribution is 2.29. The van der Waals surface area contributed by atoms with Crippen LogP contribution in [0.3, 0.4) is 0 Å². The normalized spacial score (nSPS) is 11.7. The Morgan fingerprint density at radius 1 is 1.23 bits per heavy atom. The largest absolute Gasteiger partial charge is 0.395 e. The van der Waals surface area contributed by atoms with Crippen LogP contribution in [-0.4, -0.2) is 21.2 Å². The van der Waals surface area contributed by atoms with Crippen LogP contribution < -0.4 is 4.80 Å². The Hall–Kier alpha value is -2.19. The lowest BCUT2D eigenvalue weighted by molar-refractivity contribution is -0.384. The number of aromatic nitrogens is 1. The van der Waals surface area contributed by atoms with Crippen molar-refractivity contribution in [3.63, 3.8) is 0 Å². The summed E-state index contributed by atoms with van der Waals surface area (Å²) in [6.45, 7) is 0.188. The van der Waals surface area contributed by atoms with Crippen molar-refractivity contribution in [1.82, 2.24) is 4.57 Å². The van der Waals surface area contributed by atoms with Crippen LogP contribution in [-0.2, 0) is 6.54 Å². The zero-order chi connectivity index (χ0) is 18.7. The Bertz CT molecular complexity index is 1030. The molecule has 1 N–H and O–H groups in total. The standard InChI is InChI=1S/C17H13Cl2N3O3S/c18-12-4-5-14(19)15(9-12)20-17-21(6-7-23)16(10-26-17)11-2-1-3-13(8-11)22(24)25/h1-5,8-10,23H,6-7H2. The maximum Gasteiger partial charge on any atom is 0.270 e. The first-order chi connectivity index (χ1) is 12.5. The first-order valence-electron chi connectivity index (χ1n) is 7.53. The molecule has 0 aliphatic carbocycles. The molecule has 3 rings (SSSR count). The molecule has 0 atom stereocenters. The number of nitro benzene ring substituents is 1. The van der Waals surface area contributed by atoms with Crippen molar-refractivity contribution in [2.45, 2.75) is 6.54 Å². The molecule has 0 bridgehead atoms. The second kappa shape index (κ2) is 8.01. The fraction of sp³-hybridized carbons (Fsp3) is 0.118. The third-order valence-corrected chi connectivity index (χ3v) is 5.02. The van der Waals surface area contributed by atoms with Gasteiger partial charge < -0.3 is 9.67 Å². The summed E-state index contributed by atoms with van der Waals surface area (Å²) in [6, 6.07) is 11.3. The lowest BCUT2D eigenvalue weighted by atomic mass is 10.1. The molecule has 26 heavy (non-hydrogen) atoms. The lowest BCUT2D eigenvalue weighted by Gasteiger charge is -2.07. The lowest BCUT2D eigenvalue weighted by Crippen LogP contribution is -2.17. The van der Waals surface area contributed by atoms with Crippen molar-refractivity contribution in [3.05, 3.63) is 72.8 Å². The minimum absolute atomic E-state index is 0.000577. The van der Waals surface area contributed by atoms with Gasteiger partial charge in [0.1, 0.15) is 0 Å². The molecule has 0 saturated carbocycles. The van der Waals surface area contributed by atoms with Crippen molar-refractivity contribution in [1.29, 1.82) is 0 Å². The van der Waals surface area contributed by atoms with E-state index in [2.05, 4.69) is 4.99 Å². The summed E-state index contributed by atoms with van der Waals surface area (Å²) >= 11 is 13.5. The van der Waals surface area contributed by atoms with E-state index in [1.54, 1.807) is 34.9 Å². The molecule has 0 unspecified atom stereocenters. The summed E-state index contributed by atoms with van der Waals surface area (Å²) < 4.78 is 1.79. The average Bonchev–Trinajstić information content (AvgIpc) is 3.01. The van der Waals surface area contributed by atoms with E-state index in [0.29, 0.717) is 32.6 Å². The van der Waals surface area contributed by atoms with Gasteiger partial charge in [-0.15, -0.1) is 11.3 Å². The molecule has 0 aliphatic heterocycles. The minimum Gasteiger partial charge on any atom is -0.395 e. The fourth-order valence-corrected chi connectivity index (χ4v) is 3.69. The molecule has 0 fully saturated rings. The Morgan fingerprint density at radius 2 is 2.04 bits per heavy atom. The molecule has 0 radical (unpaired) electrons. The third-order valence-electron chi connectivity index (χ3n) is 3.60. The van der Waals surface area contributed by atoms with Crippen molar-refractivity contribution < 1.29 is 10.0 Å². The van der Waals surface area contributed by atoms with Gasteiger partial charge in [0.2, 0.25) is 0 Å². The number of aliphatic hydroxyl groups excluding tert-OH is 1. The van der Waals surface area contributed by atoms with E-state index >= 15 is 0 Å². The molecule has 0 amide bonds. The highest BCUT2D eigenvalue weighted by molar-refractivity contribution is 7.07. The topological polar surface area (TPSA) is 80.7 Å². The van der Waals surface area contributed by atoms with Crippen LogP contribution in [0.25, 0.3) is 11.3 Å². The summed E-state index contributed by atoms with van der Waals surface area (Å²) in [5.74, 6) is 0. The summed E-state index contributed by atoms with van der Waals surface area (Å²) in [4.78, 5) is 15.7. The molecule has 0 saturated heterocycles. The Balaban J connectivity index is 2.15. The second-order valence-corrected chi connectivity index (χ2v) is 6.97. The molecule has 6 nitrogen and oxygen atoms in total. The highest BCUT2D eigenvalue weighted by Gasteiger charge is 2.12. The summed E-state index contributed by atoms with van der Waals surface area (Å²) in [5, 5.41) is 23.3. The molecule has 134 valence electrons. The third kappa shape index (κ3) is 3.96.